The van der Waals surface area contributed by atoms with E-state index in [1.165, 1.54) is 16.3 Å². The van der Waals surface area contributed by atoms with E-state index in [4.69, 9.17) is 4.74 Å². The molecule has 0 saturated carbocycles. The van der Waals surface area contributed by atoms with Gasteiger partial charge in [0.25, 0.3) is 0 Å². The monoisotopic (exact) mass is 237 g/mol. The van der Waals surface area contributed by atoms with E-state index in [2.05, 4.69) is 53.9 Å². The Labute approximate surface area is 106 Å². The summed E-state index contributed by atoms with van der Waals surface area (Å²) in [7, 11) is 0. The molecule has 0 amide bonds. The molecule has 2 aliphatic heterocycles. The van der Waals surface area contributed by atoms with Gasteiger partial charge in [0.05, 0.1) is 0 Å². The van der Waals surface area contributed by atoms with Gasteiger partial charge in [0.15, 0.2) is 0 Å². The maximum absolute atomic E-state index is 6.24. The Morgan fingerprint density at radius 3 is 2.94 bits per heavy atom. The summed E-state index contributed by atoms with van der Waals surface area (Å²) in [5.74, 6) is 1.01. The molecule has 2 aliphatic rings. The van der Waals surface area contributed by atoms with E-state index in [9.17, 15) is 0 Å². The van der Waals surface area contributed by atoms with Crippen molar-refractivity contribution in [2.24, 2.45) is 0 Å². The number of nitrogens with one attached hydrogen (secondary N) is 1. The normalized spacial score (nSPS) is 25.3. The summed E-state index contributed by atoms with van der Waals surface area (Å²) in [6.45, 7) is 1.95. The lowest BCUT2D eigenvalue weighted by Gasteiger charge is -2.31. The van der Waals surface area contributed by atoms with Gasteiger partial charge in [-0.05, 0) is 29.5 Å². The molecular formula is C16H15NO. The van der Waals surface area contributed by atoms with Crippen molar-refractivity contribution in [3.05, 3.63) is 48.0 Å². The van der Waals surface area contributed by atoms with Gasteiger partial charge in [-0.1, -0.05) is 36.4 Å². The molecule has 2 aromatic carbocycles. The highest BCUT2D eigenvalue weighted by Gasteiger charge is 2.36. The molecule has 0 radical (unpaired) electrons. The van der Waals surface area contributed by atoms with E-state index in [1.54, 1.807) is 0 Å². The highest BCUT2D eigenvalue weighted by atomic mass is 16.5. The first-order valence-electron chi connectivity index (χ1n) is 6.47. The summed E-state index contributed by atoms with van der Waals surface area (Å²) in [4.78, 5) is 0. The molecule has 0 aromatic heterocycles. The molecule has 2 nitrogen and oxygen atoms in total. The van der Waals surface area contributed by atoms with E-state index in [1.807, 2.05) is 0 Å². The topological polar surface area (TPSA) is 21.3 Å². The minimum Gasteiger partial charge on any atom is -0.481 e. The highest BCUT2D eigenvalue weighted by molar-refractivity contribution is 5.93. The summed E-state index contributed by atoms with van der Waals surface area (Å²) < 4.78 is 6.24. The largest absolute Gasteiger partial charge is 0.481 e. The molecule has 18 heavy (non-hydrogen) atoms. The van der Waals surface area contributed by atoms with E-state index in [0.29, 0.717) is 0 Å². The van der Waals surface area contributed by atoms with Crippen molar-refractivity contribution in [2.75, 3.05) is 13.1 Å². The number of benzene rings is 2. The minimum atomic E-state index is -0.116. The average molecular weight is 237 g/mol. The van der Waals surface area contributed by atoms with Gasteiger partial charge >= 0.3 is 0 Å². The fraction of sp³-hybridized carbons (Fsp3) is 0.250. The lowest BCUT2D eigenvalue weighted by Crippen LogP contribution is -2.37. The molecule has 1 N–H and O–H groups in total. The first-order valence-corrected chi connectivity index (χ1v) is 6.47. The van der Waals surface area contributed by atoms with Crippen LogP contribution in [-0.2, 0) is 0 Å². The molecule has 1 atom stereocenters. The Hall–Kier alpha value is -1.80. The van der Waals surface area contributed by atoms with Crippen LogP contribution < -0.4 is 10.1 Å². The van der Waals surface area contributed by atoms with Gasteiger partial charge < -0.3 is 10.1 Å². The Kier molecular flexibility index (Phi) is 2.03. The molecule has 90 valence electrons. The third kappa shape index (κ3) is 1.39. The quantitative estimate of drug-likeness (QED) is 0.760. The van der Waals surface area contributed by atoms with Crippen LogP contribution in [-0.4, -0.2) is 18.7 Å². The Balaban J connectivity index is 1.89. The van der Waals surface area contributed by atoms with E-state index < -0.39 is 0 Å². The van der Waals surface area contributed by atoms with Gasteiger partial charge in [-0.3, -0.25) is 0 Å². The lowest BCUT2D eigenvalue weighted by atomic mass is 9.94. The lowest BCUT2D eigenvalue weighted by molar-refractivity contribution is 0.139. The van der Waals surface area contributed by atoms with Crippen LogP contribution in [0.1, 0.15) is 12.0 Å². The predicted octanol–water partition coefficient (Wildman–Crippen LogP) is 2.98. The van der Waals surface area contributed by atoms with Gasteiger partial charge in [-0.25, -0.2) is 0 Å². The molecule has 2 aromatic rings. The smallest absolute Gasteiger partial charge is 0.141 e. The Morgan fingerprint density at radius 2 is 2.06 bits per heavy atom. The molecule has 0 aliphatic carbocycles. The molecule has 1 unspecified atom stereocenters. The predicted molar refractivity (Wildman–Crippen MR) is 73.8 cm³/mol. The summed E-state index contributed by atoms with van der Waals surface area (Å²) in [6, 6.07) is 12.7. The van der Waals surface area contributed by atoms with Gasteiger partial charge in [-0.2, -0.15) is 0 Å². The summed E-state index contributed by atoms with van der Waals surface area (Å²) in [5.41, 5.74) is 1.10. The van der Waals surface area contributed by atoms with Crippen LogP contribution in [0.3, 0.4) is 0 Å². The van der Waals surface area contributed by atoms with E-state index >= 15 is 0 Å². The van der Waals surface area contributed by atoms with Crippen LogP contribution in [0.4, 0.5) is 0 Å². The summed E-state index contributed by atoms with van der Waals surface area (Å²) in [6.07, 6.45) is 5.51. The summed E-state index contributed by atoms with van der Waals surface area (Å²) >= 11 is 0. The average Bonchev–Trinajstić information content (AvgIpc) is 2.86. The number of rotatable bonds is 0. The molecule has 2 heteroatoms. The second kappa shape index (κ2) is 3.59. The van der Waals surface area contributed by atoms with Gasteiger partial charge in [-0.15, -0.1) is 0 Å². The van der Waals surface area contributed by atoms with Gasteiger partial charge in [0.2, 0.25) is 0 Å². The third-order valence-electron chi connectivity index (χ3n) is 3.95. The van der Waals surface area contributed by atoms with Crippen molar-refractivity contribution >= 4 is 16.8 Å². The third-order valence-corrected chi connectivity index (χ3v) is 3.95. The van der Waals surface area contributed by atoms with Gasteiger partial charge in [0, 0.05) is 18.5 Å². The van der Waals surface area contributed by atoms with Crippen LogP contribution in [0.2, 0.25) is 0 Å². The zero-order valence-corrected chi connectivity index (χ0v) is 10.1. The standard InChI is InChI=1S/C16H15NO/c1-2-4-13-12(3-1)5-6-15-14(13)7-8-16(18-15)9-10-17-11-16/h1-8,17H,9-11H2. The maximum atomic E-state index is 6.24. The van der Waals surface area contributed by atoms with Crippen LogP contribution in [0.25, 0.3) is 16.8 Å². The zero-order valence-electron chi connectivity index (χ0n) is 10.1. The first kappa shape index (κ1) is 10.2. The molecule has 0 bridgehead atoms. The number of ether oxygens (including phenoxy) is 1. The maximum Gasteiger partial charge on any atom is 0.141 e. The molecule has 4 rings (SSSR count). The fourth-order valence-corrected chi connectivity index (χ4v) is 2.94. The number of hydrogen-bond acceptors (Lipinski definition) is 2. The van der Waals surface area contributed by atoms with Crippen LogP contribution in [0.5, 0.6) is 5.75 Å². The van der Waals surface area contributed by atoms with Crippen LogP contribution >= 0.6 is 0 Å². The molecule has 1 spiro atoms. The molecule has 1 fully saturated rings. The van der Waals surface area contributed by atoms with Crippen molar-refractivity contribution in [1.82, 2.24) is 5.32 Å². The van der Waals surface area contributed by atoms with E-state index in [-0.39, 0.29) is 5.60 Å². The zero-order chi connectivity index (χ0) is 12.0. The summed E-state index contributed by atoms with van der Waals surface area (Å²) in [5, 5.41) is 5.91. The second-order valence-electron chi connectivity index (χ2n) is 5.13. The van der Waals surface area contributed by atoms with Crippen LogP contribution in [0.15, 0.2) is 42.5 Å². The Morgan fingerprint density at radius 1 is 1.11 bits per heavy atom. The fourth-order valence-electron chi connectivity index (χ4n) is 2.94. The van der Waals surface area contributed by atoms with Crippen molar-refractivity contribution in [3.8, 4) is 5.75 Å². The molecule has 1 saturated heterocycles. The first-order chi connectivity index (χ1) is 8.86. The highest BCUT2D eigenvalue weighted by Crippen LogP contribution is 2.37. The van der Waals surface area contributed by atoms with Crippen LogP contribution in [0, 0.1) is 0 Å². The van der Waals surface area contributed by atoms with Crippen molar-refractivity contribution in [1.29, 1.82) is 0 Å². The van der Waals surface area contributed by atoms with Crippen molar-refractivity contribution in [2.45, 2.75) is 12.0 Å². The number of fused-ring (bicyclic) bond motifs is 3. The molecular weight excluding hydrogens is 222 g/mol. The SMILES string of the molecule is C1=CC2(CCNC2)Oc2ccc3ccccc3c21. The number of hydrogen-bond donors (Lipinski definition) is 1. The Bertz CT molecular complexity index is 639. The van der Waals surface area contributed by atoms with Crippen molar-refractivity contribution < 1.29 is 4.74 Å². The van der Waals surface area contributed by atoms with Gasteiger partial charge in [0.1, 0.15) is 11.4 Å². The molecule has 2 heterocycles. The van der Waals surface area contributed by atoms with Crippen molar-refractivity contribution in [3.63, 3.8) is 0 Å². The second-order valence-corrected chi connectivity index (χ2v) is 5.13. The van der Waals surface area contributed by atoms with E-state index in [0.717, 1.165) is 25.3 Å². The minimum absolute atomic E-state index is 0.116.